The zero-order chi connectivity index (χ0) is 18.5. The monoisotopic (exact) mass is 374 g/mol. The van der Waals surface area contributed by atoms with Crippen molar-refractivity contribution in [1.82, 2.24) is 10.3 Å². The van der Waals surface area contributed by atoms with Crippen LogP contribution in [0.1, 0.15) is 18.5 Å². The van der Waals surface area contributed by atoms with Gasteiger partial charge in [0.25, 0.3) is 0 Å². The SMILES string of the molecule is COc1ccccc1NC(=O)Cc1csc(NC(=O)C2CCC(=O)N2)n1. The number of anilines is 2. The Hall–Kier alpha value is -2.94. The lowest BCUT2D eigenvalue weighted by molar-refractivity contribution is -0.122. The van der Waals surface area contributed by atoms with E-state index in [0.29, 0.717) is 35.1 Å². The van der Waals surface area contributed by atoms with Crippen LogP contribution in [0.2, 0.25) is 0 Å². The minimum Gasteiger partial charge on any atom is -0.495 e. The van der Waals surface area contributed by atoms with Gasteiger partial charge >= 0.3 is 0 Å². The molecule has 0 saturated carbocycles. The number of hydrogen-bond donors (Lipinski definition) is 3. The van der Waals surface area contributed by atoms with Crippen molar-refractivity contribution in [1.29, 1.82) is 0 Å². The van der Waals surface area contributed by atoms with Gasteiger partial charge in [0.2, 0.25) is 17.7 Å². The topological polar surface area (TPSA) is 109 Å². The Kier molecular flexibility index (Phi) is 5.47. The van der Waals surface area contributed by atoms with E-state index >= 15 is 0 Å². The van der Waals surface area contributed by atoms with Gasteiger partial charge in [0.15, 0.2) is 5.13 Å². The number of carbonyl (C=O) groups is 3. The van der Waals surface area contributed by atoms with Crippen molar-refractivity contribution >= 4 is 39.9 Å². The number of nitrogens with one attached hydrogen (secondary N) is 3. The van der Waals surface area contributed by atoms with E-state index in [2.05, 4.69) is 20.9 Å². The van der Waals surface area contributed by atoms with Crippen molar-refractivity contribution in [3.05, 3.63) is 35.3 Å². The van der Waals surface area contributed by atoms with Crippen molar-refractivity contribution < 1.29 is 19.1 Å². The Morgan fingerprint density at radius 2 is 2.15 bits per heavy atom. The molecule has 1 saturated heterocycles. The molecule has 1 atom stereocenters. The lowest BCUT2D eigenvalue weighted by atomic mass is 10.2. The van der Waals surface area contributed by atoms with E-state index in [1.807, 2.05) is 6.07 Å². The number of carbonyl (C=O) groups excluding carboxylic acids is 3. The molecular weight excluding hydrogens is 356 g/mol. The zero-order valence-corrected chi connectivity index (χ0v) is 14.9. The summed E-state index contributed by atoms with van der Waals surface area (Å²) in [5.41, 5.74) is 1.13. The summed E-state index contributed by atoms with van der Waals surface area (Å²) in [4.78, 5) is 39.7. The predicted molar refractivity (Wildman–Crippen MR) is 97.2 cm³/mol. The maximum atomic E-state index is 12.2. The van der Waals surface area contributed by atoms with Gasteiger partial charge in [0.05, 0.1) is 24.9 Å². The Morgan fingerprint density at radius 1 is 1.35 bits per heavy atom. The number of amides is 3. The van der Waals surface area contributed by atoms with E-state index in [-0.39, 0.29) is 24.1 Å². The highest BCUT2D eigenvalue weighted by molar-refractivity contribution is 7.13. The molecule has 1 aliphatic rings. The second-order valence-corrected chi connectivity index (χ2v) is 6.58. The standard InChI is InChI=1S/C17H18N4O4S/c1-25-13-5-3-2-4-11(13)19-15(23)8-10-9-26-17(18-10)21-16(24)12-6-7-14(22)20-12/h2-5,9,12H,6-8H2,1H3,(H,19,23)(H,20,22)(H,18,21,24). The summed E-state index contributed by atoms with van der Waals surface area (Å²) in [6.07, 6.45) is 0.902. The maximum absolute atomic E-state index is 12.2. The number of aromatic nitrogens is 1. The largest absolute Gasteiger partial charge is 0.495 e. The van der Waals surface area contributed by atoms with Gasteiger partial charge in [-0.15, -0.1) is 11.3 Å². The first kappa shape index (κ1) is 17.9. The third kappa shape index (κ3) is 4.37. The molecule has 0 aliphatic carbocycles. The molecular formula is C17H18N4O4S. The fourth-order valence-electron chi connectivity index (χ4n) is 2.56. The number of rotatable bonds is 6. The number of hydrogen-bond acceptors (Lipinski definition) is 6. The molecule has 0 spiro atoms. The number of para-hydroxylation sites is 2. The average Bonchev–Trinajstić information content (AvgIpc) is 3.24. The highest BCUT2D eigenvalue weighted by Gasteiger charge is 2.27. The molecule has 2 aromatic rings. The molecule has 1 aliphatic heterocycles. The molecule has 3 N–H and O–H groups in total. The Labute approximate surface area is 154 Å². The third-order valence-electron chi connectivity index (χ3n) is 3.82. The Bertz CT molecular complexity index is 836. The lowest BCUT2D eigenvalue weighted by Gasteiger charge is -2.09. The zero-order valence-electron chi connectivity index (χ0n) is 14.1. The molecule has 0 bridgehead atoms. The van der Waals surface area contributed by atoms with E-state index in [4.69, 9.17) is 4.74 Å². The van der Waals surface area contributed by atoms with Gasteiger partial charge in [0, 0.05) is 11.8 Å². The Morgan fingerprint density at radius 3 is 2.88 bits per heavy atom. The van der Waals surface area contributed by atoms with Crippen molar-refractivity contribution in [2.45, 2.75) is 25.3 Å². The third-order valence-corrected chi connectivity index (χ3v) is 4.62. The highest BCUT2D eigenvalue weighted by Crippen LogP contribution is 2.23. The van der Waals surface area contributed by atoms with Crippen LogP contribution < -0.4 is 20.7 Å². The molecule has 9 heteroatoms. The molecule has 3 rings (SSSR count). The van der Waals surface area contributed by atoms with Gasteiger partial charge in [-0.25, -0.2) is 4.98 Å². The molecule has 3 amide bonds. The molecule has 1 aromatic heterocycles. The quantitative estimate of drug-likeness (QED) is 0.711. The fourth-order valence-corrected chi connectivity index (χ4v) is 3.27. The molecule has 1 unspecified atom stereocenters. The number of ether oxygens (including phenoxy) is 1. The minimum absolute atomic E-state index is 0.0740. The second-order valence-electron chi connectivity index (χ2n) is 5.72. The molecule has 2 heterocycles. The summed E-state index contributed by atoms with van der Waals surface area (Å²) in [6.45, 7) is 0. The van der Waals surface area contributed by atoms with Crippen LogP contribution in [0.15, 0.2) is 29.6 Å². The highest BCUT2D eigenvalue weighted by atomic mass is 32.1. The van der Waals surface area contributed by atoms with Crippen LogP contribution in [0.5, 0.6) is 5.75 Å². The first-order valence-corrected chi connectivity index (χ1v) is 8.90. The summed E-state index contributed by atoms with van der Waals surface area (Å²) in [5, 5.41) is 10.2. The van der Waals surface area contributed by atoms with Crippen LogP contribution in [0.3, 0.4) is 0 Å². The van der Waals surface area contributed by atoms with E-state index < -0.39 is 6.04 Å². The number of nitrogens with zero attached hydrogens (tertiary/aromatic N) is 1. The van der Waals surface area contributed by atoms with Gasteiger partial charge in [-0.1, -0.05) is 12.1 Å². The Balaban J connectivity index is 1.55. The summed E-state index contributed by atoms with van der Waals surface area (Å²) in [5.74, 6) is -0.0837. The van der Waals surface area contributed by atoms with Crippen molar-refractivity contribution in [3.8, 4) is 5.75 Å². The smallest absolute Gasteiger partial charge is 0.248 e. The second kappa shape index (κ2) is 7.96. The fraction of sp³-hybridized carbons (Fsp3) is 0.294. The van der Waals surface area contributed by atoms with E-state index in [9.17, 15) is 14.4 Å². The summed E-state index contributed by atoms with van der Waals surface area (Å²) in [6, 6.07) is 6.60. The van der Waals surface area contributed by atoms with Crippen LogP contribution in [0, 0.1) is 0 Å². The summed E-state index contributed by atoms with van der Waals surface area (Å²) in [7, 11) is 1.53. The van der Waals surface area contributed by atoms with Crippen molar-refractivity contribution in [2.24, 2.45) is 0 Å². The van der Waals surface area contributed by atoms with Crippen molar-refractivity contribution in [3.63, 3.8) is 0 Å². The molecule has 1 aromatic carbocycles. The van der Waals surface area contributed by atoms with Crippen molar-refractivity contribution in [2.75, 3.05) is 17.7 Å². The number of thiazole rings is 1. The molecule has 1 fully saturated rings. The van der Waals surface area contributed by atoms with Crippen LogP contribution in [-0.2, 0) is 20.8 Å². The van der Waals surface area contributed by atoms with E-state index in [0.717, 1.165) is 0 Å². The molecule has 26 heavy (non-hydrogen) atoms. The first-order chi connectivity index (χ1) is 12.5. The minimum atomic E-state index is -0.524. The van der Waals surface area contributed by atoms with E-state index in [1.165, 1.54) is 18.4 Å². The van der Waals surface area contributed by atoms with Gasteiger partial charge < -0.3 is 20.7 Å². The predicted octanol–water partition coefficient (Wildman–Crippen LogP) is 1.55. The number of benzene rings is 1. The van der Waals surface area contributed by atoms with E-state index in [1.54, 1.807) is 23.6 Å². The van der Waals surface area contributed by atoms with Gasteiger partial charge in [-0.05, 0) is 18.6 Å². The summed E-state index contributed by atoms with van der Waals surface area (Å²) < 4.78 is 5.19. The number of methoxy groups -OCH3 is 1. The maximum Gasteiger partial charge on any atom is 0.248 e. The van der Waals surface area contributed by atoms with Gasteiger partial charge in [-0.2, -0.15) is 0 Å². The van der Waals surface area contributed by atoms with Gasteiger partial charge in [0.1, 0.15) is 11.8 Å². The van der Waals surface area contributed by atoms with Crippen LogP contribution in [0.4, 0.5) is 10.8 Å². The van der Waals surface area contributed by atoms with Crippen LogP contribution in [0.25, 0.3) is 0 Å². The first-order valence-electron chi connectivity index (χ1n) is 8.02. The summed E-state index contributed by atoms with van der Waals surface area (Å²) >= 11 is 1.23. The molecule has 8 nitrogen and oxygen atoms in total. The van der Waals surface area contributed by atoms with Crippen LogP contribution >= 0.6 is 11.3 Å². The lowest BCUT2D eigenvalue weighted by Crippen LogP contribution is -2.37. The normalized spacial score (nSPS) is 16.0. The van der Waals surface area contributed by atoms with Crippen LogP contribution in [-0.4, -0.2) is 35.9 Å². The average molecular weight is 374 g/mol. The van der Waals surface area contributed by atoms with Gasteiger partial charge in [-0.3, -0.25) is 14.4 Å². The molecule has 0 radical (unpaired) electrons. The molecule has 136 valence electrons.